The zero-order chi connectivity index (χ0) is 35.3. The number of hydrogen-bond acceptors (Lipinski definition) is 7. The maximum Gasteiger partial charge on any atom is 0.410 e. The highest BCUT2D eigenvalue weighted by Crippen LogP contribution is 2.33. The second-order valence-corrected chi connectivity index (χ2v) is 13.8. The van der Waals surface area contributed by atoms with Crippen LogP contribution in [0.15, 0.2) is 97.1 Å². The van der Waals surface area contributed by atoms with E-state index < -0.39 is 5.60 Å². The fraction of sp³-hybridized carbons (Fsp3) is 0.429. The Balaban J connectivity index is 0.00000239. The molecule has 2 fully saturated rings. The molecule has 0 bridgehead atoms. The van der Waals surface area contributed by atoms with Crippen LogP contribution in [0.4, 0.5) is 10.5 Å². The van der Waals surface area contributed by atoms with E-state index in [0.29, 0.717) is 30.9 Å². The Morgan fingerprint density at radius 1 is 0.720 bits per heavy atom. The lowest BCUT2D eigenvalue weighted by molar-refractivity contribution is 0.0169. The number of hydrogen-bond donors (Lipinski definition) is 0. The molecule has 1 amide bonds. The van der Waals surface area contributed by atoms with Crippen molar-refractivity contribution in [2.24, 2.45) is 5.92 Å². The van der Waals surface area contributed by atoms with Crippen molar-refractivity contribution in [3.63, 3.8) is 0 Å². The average Bonchev–Trinajstić information content (AvgIpc) is 3.15. The quantitative estimate of drug-likeness (QED) is 0.166. The summed E-state index contributed by atoms with van der Waals surface area (Å²) in [6.45, 7) is 17.4. The number of benzene rings is 3. The van der Waals surface area contributed by atoms with Gasteiger partial charge in [0.15, 0.2) is 0 Å². The summed E-state index contributed by atoms with van der Waals surface area (Å²) in [5.41, 5.74) is 4.95. The Labute approximate surface area is 299 Å². The molecular weight excluding hydrogens is 624 g/mol. The van der Waals surface area contributed by atoms with Crippen molar-refractivity contribution in [3.8, 4) is 22.9 Å². The van der Waals surface area contributed by atoms with Gasteiger partial charge in [0.05, 0.1) is 0 Å². The minimum absolute atomic E-state index is 0.183. The maximum absolute atomic E-state index is 12.4. The van der Waals surface area contributed by atoms with Gasteiger partial charge in [-0.3, -0.25) is 4.90 Å². The Morgan fingerprint density at radius 2 is 1.30 bits per heavy atom. The molecule has 3 aromatic carbocycles. The molecule has 0 unspecified atom stereocenters. The minimum Gasteiger partial charge on any atom is -0.473 e. The Morgan fingerprint density at radius 3 is 1.88 bits per heavy atom. The Hall–Kier alpha value is -4.56. The van der Waals surface area contributed by atoms with Crippen molar-refractivity contribution in [2.75, 3.05) is 50.7 Å². The zero-order valence-corrected chi connectivity index (χ0v) is 30.5. The van der Waals surface area contributed by atoms with Gasteiger partial charge >= 0.3 is 6.09 Å². The molecule has 6 rings (SSSR count). The molecule has 8 nitrogen and oxygen atoms in total. The Bertz CT molecular complexity index is 1590. The van der Waals surface area contributed by atoms with E-state index in [2.05, 4.69) is 46.2 Å². The van der Waals surface area contributed by atoms with E-state index in [4.69, 9.17) is 19.2 Å². The molecule has 2 saturated heterocycles. The van der Waals surface area contributed by atoms with Crippen LogP contribution in [0.1, 0.15) is 58.6 Å². The van der Waals surface area contributed by atoms with Gasteiger partial charge in [0.25, 0.3) is 0 Å². The standard InChI is InChI=1S/C40H48N4O4.C2H6/c1-40(2,3)48-39(45)44-22-20-31(21-23-44)28-42-24-26-43(27-25-42)35-16-14-34(15-17-35)36-18-19-37(46-29-32-10-6-4-7-11-32)41-38(36)47-30-33-12-8-5-9-13-33;1-2/h4-19,31H,20-30H2,1-3H3;1-2H3. The number of aromatic nitrogens is 1. The molecular formula is C42H54N4O4. The van der Waals surface area contributed by atoms with Gasteiger partial charge in [-0.05, 0) is 74.4 Å². The van der Waals surface area contributed by atoms with Gasteiger partial charge in [-0.15, -0.1) is 0 Å². The molecule has 8 heteroatoms. The minimum atomic E-state index is -0.450. The molecule has 2 aliphatic rings. The van der Waals surface area contributed by atoms with E-state index in [1.54, 1.807) is 0 Å². The summed E-state index contributed by atoms with van der Waals surface area (Å²) in [5.74, 6) is 1.72. The SMILES string of the molecule is CC.CC(C)(C)OC(=O)N1CCC(CN2CCN(c3ccc(-c4ccc(OCc5ccccc5)nc4OCc4ccccc4)cc3)CC2)CC1. The molecule has 0 aliphatic carbocycles. The normalized spacial score (nSPS) is 15.5. The largest absolute Gasteiger partial charge is 0.473 e. The summed E-state index contributed by atoms with van der Waals surface area (Å²) >= 11 is 0. The average molecular weight is 679 g/mol. The lowest BCUT2D eigenvalue weighted by Gasteiger charge is -2.39. The summed E-state index contributed by atoms with van der Waals surface area (Å²) in [4.78, 5) is 24.1. The van der Waals surface area contributed by atoms with Crippen LogP contribution in [0.25, 0.3) is 11.1 Å². The van der Waals surface area contributed by atoms with Crippen molar-refractivity contribution in [1.82, 2.24) is 14.8 Å². The highest BCUT2D eigenvalue weighted by Gasteiger charge is 2.28. The highest BCUT2D eigenvalue weighted by atomic mass is 16.6. The van der Waals surface area contributed by atoms with E-state index >= 15 is 0 Å². The summed E-state index contributed by atoms with van der Waals surface area (Å²) in [7, 11) is 0. The van der Waals surface area contributed by atoms with Crippen LogP contribution in [0, 0.1) is 5.92 Å². The topological polar surface area (TPSA) is 67.4 Å². The fourth-order valence-electron chi connectivity index (χ4n) is 6.32. The zero-order valence-electron chi connectivity index (χ0n) is 30.5. The van der Waals surface area contributed by atoms with E-state index in [-0.39, 0.29) is 6.09 Å². The number of ether oxygens (including phenoxy) is 3. The first-order chi connectivity index (χ1) is 24.3. The molecule has 0 atom stereocenters. The predicted molar refractivity (Wildman–Crippen MR) is 202 cm³/mol. The van der Waals surface area contributed by atoms with Crippen LogP contribution in [0.5, 0.6) is 11.8 Å². The molecule has 266 valence electrons. The van der Waals surface area contributed by atoms with E-state index in [9.17, 15) is 4.79 Å². The van der Waals surface area contributed by atoms with Crippen LogP contribution in [-0.4, -0.2) is 72.3 Å². The van der Waals surface area contributed by atoms with Gasteiger partial charge in [0.1, 0.15) is 18.8 Å². The first-order valence-electron chi connectivity index (χ1n) is 18.2. The molecule has 2 aliphatic heterocycles. The lowest BCUT2D eigenvalue weighted by atomic mass is 9.96. The van der Waals surface area contributed by atoms with Gasteiger partial charge in [-0.2, -0.15) is 4.98 Å². The van der Waals surface area contributed by atoms with Gasteiger partial charge < -0.3 is 24.0 Å². The van der Waals surface area contributed by atoms with Crippen LogP contribution < -0.4 is 14.4 Å². The number of pyridine rings is 1. The maximum atomic E-state index is 12.4. The molecule has 4 aromatic rings. The first kappa shape index (κ1) is 36.7. The fourth-order valence-corrected chi connectivity index (χ4v) is 6.32. The second-order valence-electron chi connectivity index (χ2n) is 13.8. The van der Waals surface area contributed by atoms with Gasteiger partial charge in [0.2, 0.25) is 11.8 Å². The van der Waals surface area contributed by atoms with E-state index in [1.807, 2.05) is 100 Å². The highest BCUT2D eigenvalue weighted by molar-refractivity contribution is 5.71. The van der Waals surface area contributed by atoms with Crippen LogP contribution in [0.3, 0.4) is 0 Å². The molecule has 0 radical (unpaired) electrons. The number of likely N-dealkylation sites (tertiary alicyclic amines) is 1. The number of carbonyl (C=O) groups is 1. The number of piperazine rings is 1. The number of amides is 1. The summed E-state index contributed by atoms with van der Waals surface area (Å²) in [5, 5.41) is 0. The van der Waals surface area contributed by atoms with Crippen molar-refractivity contribution < 1.29 is 19.0 Å². The smallest absolute Gasteiger partial charge is 0.410 e. The molecule has 0 N–H and O–H groups in total. The van der Waals surface area contributed by atoms with Gasteiger partial charge in [-0.25, -0.2) is 4.79 Å². The van der Waals surface area contributed by atoms with Gasteiger partial charge in [0, 0.05) is 63.1 Å². The molecule has 1 aromatic heterocycles. The molecule has 50 heavy (non-hydrogen) atoms. The third kappa shape index (κ3) is 10.7. The molecule has 0 spiro atoms. The first-order valence-corrected chi connectivity index (χ1v) is 18.2. The van der Waals surface area contributed by atoms with Crippen molar-refractivity contribution in [1.29, 1.82) is 0 Å². The Kier molecular flexibility index (Phi) is 13.1. The van der Waals surface area contributed by atoms with E-state index in [0.717, 1.165) is 80.9 Å². The molecule has 3 heterocycles. The van der Waals surface area contributed by atoms with Crippen LogP contribution >= 0.6 is 0 Å². The lowest BCUT2D eigenvalue weighted by Crippen LogP contribution is -2.49. The van der Waals surface area contributed by atoms with Crippen LogP contribution in [-0.2, 0) is 18.0 Å². The van der Waals surface area contributed by atoms with Crippen LogP contribution in [0.2, 0.25) is 0 Å². The van der Waals surface area contributed by atoms with Gasteiger partial charge in [-0.1, -0.05) is 86.6 Å². The van der Waals surface area contributed by atoms with E-state index in [1.165, 1.54) is 5.69 Å². The van der Waals surface area contributed by atoms with Crippen molar-refractivity contribution in [2.45, 2.75) is 66.3 Å². The number of piperidine rings is 1. The number of anilines is 1. The monoisotopic (exact) mass is 678 g/mol. The second kappa shape index (κ2) is 17.9. The third-order valence-corrected chi connectivity index (χ3v) is 8.98. The predicted octanol–water partition coefficient (Wildman–Crippen LogP) is 8.70. The number of rotatable bonds is 10. The van der Waals surface area contributed by atoms with Crippen molar-refractivity contribution in [3.05, 3.63) is 108 Å². The number of carbonyl (C=O) groups excluding carboxylic acids is 1. The summed E-state index contributed by atoms with van der Waals surface area (Å²) in [6.07, 6.45) is 1.89. The summed E-state index contributed by atoms with van der Waals surface area (Å²) in [6, 6.07) is 33.0. The molecule has 0 saturated carbocycles. The third-order valence-electron chi connectivity index (χ3n) is 8.98. The van der Waals surface area contributed by atoms with Crippen molar-refractivity contribution >= 4 is 11.8 Å². The number of nitrogens with zero attached hydrogens (tertiary/aromatic N) is 4. The summed E-state index contributed by atoms with van der Waals surface area (Å²) < 4.78 is 17.9.